The van der Waals surface area contributed by atoms with Crippen LogP contribution in [0.15, 0.2) is 0 Å². The highest BCUT2D eigenvalue weighted by atomic mass is 16.2. The van der Waals surface area contributed by atoms with Crippen LogP contribution in [-0.2, 0) is 14.4 Å². The number of carbonyl (C=O) groups excluding carboxylic acids is 3. The lowest BCUT2D eigenvalue weighted by molar-refractivity contribution is -0.158. The Morgan fingerprint density at radius 1 is 1.41 bits per heavy atom. The average Bonchev–Trinajstić information content (AvgIpc) is 2.35. The number of nitrogens with two attached hydrogens (primary N) is 1. The molecule has 2 saturated heterocycles. The molecule has 3 amide bonds. The quantitative estimate of drug-likeness (QED) is 0.338. The van der Waals surface area contributed by atoms with Crippen molar-refractivity contribution in [3.63, 3.8) is 0 Å². The van der Waals surface area contributed by atoms with Crippen LogP contribution in [0, 0.1) is 0 Å². The van der Waals surface area contributed by atoms with Gasteiger partial charge in [-0.15, -0.1) is 0 Å². The van der Waals surface area contributed by atoms with Crippen LogP contribution in [0.2, 0.25) is 0 Å². The van der Waals surface area contributed by atoms with Crippen molar-refractivity contribution in [2.75, 3.05) is 19.6 Å². The summed E-state index contributed by atoms with van der Waals surface area (Å²) in [6, 6.07) is -0.379. The first-order chi connectivity index (χ1) is 8.13. The molecule has 0 aliphatic carbocycles. The number of nitrogens with one attached hydrogen (secondary N) is 1. The highest BCUT2D eigenvalue weighted by Gasteiger charge is 2.40. The Hall–Kier alpha value is -1.63. The number of hydrogen-bond donors (Lipinski definition) is 2. The maximum absolute atomic E-state index is 12.1. The molecule has 0 aromatic rings. The van der Waals surface area contributed by atoms with E-state index in [1.807, 2.05) is 5.43 Å². The van der Waals surface area contributed by atoms with Gasteiger partial charge in [0.15, 0.2) is 0 Å². The first-order valence-corrected chi connectivity index (χ1v) is 5.71. The Balaban J connectivity index is 2.08. The van der Waals surface area contributed by atoms with Gasteiger partial charge in [-0.1, -0.05) is 0 Å². The van der Waals surface area contributed by atoms with Gasteiger partial charge in [0.25, 0.3) is 5.91 Å². The third-order valence-electron chi connectivity index (χ3n) is 3.24. The number of rotatable bonds is 2. The van der Waals surface area contributed by atoms with E-state index in [0.29, 0.717) is 13.0 Å². The van der Waals surface area contributed by atoms with Gasteiger partial charge in [0.1, 0.15) is 19.1 Å². The molecule has 0 saturated carbocycles. The number of nitrogens with zero attached hydrogens (tertiary/aromatic N) is 2. The molecule has 2 fully saturated rings. The number of piperazine rings is 1. The molecule has 0 aromatic carbocycles. The number of carbonyl (C=O) groups is 3. The number of amides is 3. The van der Waals surface area contributed by atoms with Gasteiger partial charge in [-0.3, -0.25) is 19.8 Å². The van der Waals surface area contributed by atoms with Crippen molar-refractivity contribution >= 4 is 17.7 Å². The van der Waals surface area contributed by atoms with Gasteiger partial charge in [-0.2, -0.15) is 0 Å². The van der Waals surface area contributed by atoms with E-state index in [4.69, 9.17) is 5.84 Å². The molecule has 7 heteroatoms. The molecule has 2 heterocycles. The molecule has 2 aliphatic rings. The lowest BCUT2D eigenvalue weighted by Gasteiger charge is -2.42. The van der Waals surface area contributed by atoms with E-state index in [2.05, 4.69) is 0 Å². The smallest absolute Gasteiger partial charge is 0.253 e. The molecule has 7 nitrogen and oxygen atoms in total. The van der Waals surface area contributed by atoms with Crippen LogP contribution in [0.5, 0.6) is 0 Å². The van der Waals surface area contributed by atoms with Gasteiger partial charge in [0.2, 0.25) is 11.8 Å². The van der Waals surface area contributed by atoms with E-state index in [1.165, 1.54) is 4.90 Å². The Morgan fingerprint density at radius 2 is 2.18 bits per heavy atom. The summed E-state index contributed by atoms with van der Waals surface area (Å²) < 4.78 is 0. The molecular formula is C10H16N4O3. The maximum atomic E-state index is 12.1. The molecule has 0 aromatic heterocycles. The zero-order valence-electron chi connectivity index (χ0n) is 9.52. The van der Waals surface area contributed by atoms with E-state index < -0.39 is 5.91 Å². The molecule has 94 valence electrons. The monoisotopic (exact) mass is 240 g/mol. The molecular weight excluding hydrogens is 224 g/mol. The molecule has 3 N–H and O–H groups in total. The summed E-state index contributed by atoms with van der Waals surface area (Å²) in [6.45, 7) is 0.473. The van der Waals surface area contributed by atoms with E-state index >= 15 is 0 Å². The minimum Gasteiger partial charge on any atom is -0.329 e. The molecule has 1 atom stereocenters. The minimum absolute atomic E-state index is 0.0250. The van der Waals surface area contributed by atoms with E-state index in [0.717, 1.165) is 12.8 Å². The molecule has 0 radical (unpaired) electrons. The summed E-state index contributed by atoms with van der Waals surface area (Å²) in [5, 5.41) is 0. The third-order valence-corrected chi connectivity index (χ3v) is 3.24. The van der Waals surface area contributed by atoms with Crippen molar-refractivity contribution in [2.24, 2.45) is 5.84 Å². The van der Waals surface area contributed by atoms with Crippen LogP contribution in [0.4, 0.5) is 0 Å². The second kappa shape index (κ2) is 4.70. The van der Waals surface area contributed by atoms with Crippen LogP contribution >= 0.6 is 0 Å². The largest absolute Gasteiger partial charge is 0.329 e. The first-order valence-electron chi connectivity index (χ1n) is 5.71. The normalized spacial score (nSPS) is 24.6. The fourth-order valence-corrected chi connectivity index (χ4v) is 2.38. The van der Waals surface area contributed by atoms with Crippen molar-refractivity contribution in [3.8, 4) is 0 Å². The molecule has 0 bridgehead atoms. The van der Waals surface area contributed by atoms with Crippen molar-refractivity contribution in [1.82, 2.24) is 15.2 Å². The van der Waals surface area contributed by atoms with Gasteiger partial charge < -0.3 is 9.80 Å². The summed E-state index contributed by atoms with van der Waals surface area (Å²) in [7, 11) is 0. The van der Waals surface area contributed by atoms with Crippen molar-refractivity contribution in [1.29, 1.82) is 0 Å². The average molecular weight is 240 g/mol. The number of hydrogen-bond acceptors (Lipinski definition) is 4. The SMILES string of the molecule is NNC(=O)CN1CC(=O)N2CCCCC2C1=O. The number of fused-ring (bicyclic) bond motifs is 1. The maximum Gasteiger partial charge on any atom is 0.253 e. The second-order valence-corrected chi connectivity index (χ2v) is 4.36. The topological polar surface area (TPSA) is 95.7 Å². The fraction of sp³-hybridized carbons (Fsp3) is 0.700. The van der Waals surface area contributed by atoms with Gasteiger partial charge in [-0.05, 0) is 19.3 Å². The number of hydrazine groups is 1. The lowest BCUT2D eigenvalue weighted by atomic mass is 9.98. The van der Waals surface area contributed by atoms with E-state index in [9.17, 15) is 14.4 Å². The van der Waals surface area contributed by atoms with E-state index in [-0.39, 0.29) is 30.9 Å². The van der Waals surface area contributed by atoms with Crippen LogP contribution in [0.1, 0.15) is 19.3 Å². The van der Waals surface area contributed by atoms with Crippen LogP contribution in [0.3, 0.4) is 0 Å². The van der Waals surface area contributed by atoms with Gasteiger partial charge in [0, 0.05) is 6.54 Å². The molecule has 17 heavy (non-hydrogen) atoms. The summed E-state index contributed by atoms with van der Waals surface area (Å²) in [6.07, 6.45) is 2.57. The summed E-state index contributed by atoms with van der Waals surface area (Å²) in [5.74, 6) is 4.28. The molecule has 0 spiro atoms. The van der Waals surface area contributed by atoms with Crippen LogP contribution in [-0.4, -0.2) is 53.2 Å². The Bertz CT molecular complexity index is 357. The standard InChI is InChI=1S/C10H16N4O3/c11-12-8(15)5-13-6-9(16)14-4-2-1-3-7(14)10(13)17/h7H,1-6,11H2,(H,12,15). The fourth-order valence-electron chi connectivity index (χ4n) is 2.38. The lowest BCUT2D eigenvalue weighted by Crippen LogP contribution is -2.62. The first kappa shape index (κ1) is 11.8. The van der Waals surface area contributed by atoms with Crippen molar-refractivity contribution in [3.05, 3.63) is 0 Å². The zero-order valence-corrected chi connectivity index (χ0v) is 9.52. The van der Waals surface area contributed by atoms with Crippen LogP contribution in [0.25, 0.3) is 0 Å². The Morgan fingerprint density at radius 3 is 2.88 bits per heavy atom. The molecule has 2 aliphatic heterocycles. The summed E-state index contributed by atoms with van der Waals surface area (Å²) in [5.41, 5.74) is 1.96. The van der Waals surface area contributed by atoms with Crippen molar-refractivity contribution < 1.29 is 14.4 Å². The van der Waals surface area contributed by atoms with Crippen LogP contribution < -0.4 is 11.3 Å². The molecule has 1 unspecified atom stereocenters. The highest BCUT2D eigenvalue weighted by molar-refractivity contribution is 5.97. The zero-order chi connectivity index (χ0) is 12.4. The Kier molecular flexibility index (Phi) is 3.28. The van der Waals surface area contributed by atoms with Gasteiger partial charge in [-0.25, -0.2) is 5.84 Å². The van der Waals surface area contributed by atoms with E-state index in [1.54, 1.807) is 4.90 Å². The third kappa shape index (κ3) is 2.23. The van der Waals surface area contributed by atoms with Gasteiger partial charge in [0.05, 0.1) is 0 Å². The summed E-state index contributed by atoms with van der Waals surface area (Å²) in [4.78, 5) is 37.9. The minimum atomic E-state index is -0.463. The van der Waals surface area contributed by atoms with Gasteiger partial charge >= 0.3 is 0 Å². The highest BCUT2D eigenvalue weighted by Crippen LogP contribution is 2.22. The summed E-state index contributed by atoms with van der Waals surface area (Å²) >= 11 is 0. The predicted octanol–water partition coefficient (Wildman–Crippen LogP) is -1.80. The predicted molar refractivity (Wildman–Crippen MR) is 58.3 cm³/mol. The number of piperidine rings is 1. The molecule has 2 rings (SSSR count). The second-order valence-electron chi connectivity index (χ2n) is 4.36. The Labute approximate surface area is 98.9 Å². The van der Waals surface area contributed by atoms with Crippen molar-refractivity contribution in [2.45, 2.75) is 25.3 Å².